The predicted octanol–water partition coefficient (Wildman–Crippen LogP) is 1.42. The fourth-order valence-electron chi connectivity index (χ4n) is 1.91. The Balaban J connectivity index is 2.86. The molecule has 0 saturated heterocycles. The lowest BCUT2D eigenvalue weighted by atomic mass is 10.00. The molecule has 1 aliphatic rings. The van der Waals surface area contributed by atoms with Crippen LogP contribution in [0.1, 0.15) is 40.0 Å². The van der Waals surface area contributed by atoms with E-state index in [1.807, 2.05) is 0 Å². The van der Waals surface area contributed by atoms with Crippen molar-refractivity contribution >= 4 is 12.0 Å². The lowest BCUT2D eigenvalue weighted by Gasteiger charge is -2.38. The summed E-state index contributed by atoms with van der Waals surface area (Å²) in [7, 11) is 0. The Kier molecular flexibility index (Phi) is 3.45. The fraction of sp³-hybridized carbons (Fsp3) is 0.818. The summed E-state index contributed by atoms with van der Waals surface area (Å²) in [5, 5.41) is 9.18. The third kappa shape index (κ3) is 3.12. The van der Waals surface area contributed by atoms with Crippen LogP contribution in [-0.2, 0) is 4.79 Å². The Bertz CT molecular complexity index is 292. The Labute approximate surface area is 95.6 Å². The summed E-state index contributed by atoms with van der Waals surface area (Å²) >= 11 is 0. The molecule has 0 aromatic carbocycles. The Morgan fingerprint density at radius 3 is 2.19 bits per heavy atom. The molecule has 0 unspecified atom stereocenters. The monoisotopic (exact) mass is 228 g/mol. The number of carboxylic acid groups (broad SMARTS) is 1. The number of nitrogens with zero attached hydrogens (tertiary/aromatic N) is 1. The quantitative estimate of drug-likeness (QED) is 0.763. The summed E-state index contributed by atoms with van der Waals surface area (Å²) in [6.45, 7) is 5.30. The van der Waals surface area contributed by atoms with Crippen molar-refractivity contribution in [3.63, 3.8) is 0 Å². The van der Waals surface area contributed by atoms with Crippen LogP contribution in [0.2, 0.25) is 0 Å². The molecule has 0 spiro atoms. The first-order valence-corrected chi connectivity index (χ1v) is 5.55. The molecule has 0 radical (unpaired) electrons. The van der Waals surface area contributed by atoms with Gasteiger partial charge in [0.15, 0.2) is 0 Å². The molecule has 92 valence electrons. The van der Waals surface area contributed by atoms with E-state index in [0.717, 1.165) is 12.8 Å². The van der Waals surface area contributed by atoms with Crippen LogP contribution in [0.5, 0.6) is 0 Å². The third-order valence-corrected chi connectivity index (χ3v) is 2.82. The smallest absolute Gasteiger partial charge is 0.408 e. The summed E-state index contributed by atoms with van der Waals surface area (Å²) in [4.78, 5) is 23.8. The molecule has 0 heterocycles. The number of carbonyl (C=O) groups is 2. The first-order valence-electron chi connectivity index (χ1n) is 5.55. The molecule has 0 aliphatic heterocycles. The van der Waals surface area contributed by atoms with Gasteiger partial charge < -0.3 is 10.8 Å². The van der Waals surface area contributed by atoms with E-state index in [1.165, 1.54) is 4.90 Å². The van der Waals surface area contributed by atoms with E-state index in [1.54, 1.807) is 20.8 Å². The second kappa shape index (κ2) is 4.31. The number of hydrogen-bond acceptors (Lipinski definition) is 2. The largest absolute Gasteiger partial charge is 0.465 e. The van der Waals surface area contributed by atoms with Gasteiger partial charge in [-0.1, -0.05) is 12.8 Å². The van der Waals surface area contributed by atoms with Crippen molar-refractivity contribution in [3.8, 4) is 0 Å². The van der Waals surface area contributed by atoms with Gasteiger partial charge >= 0.3 is 6.09 Å². The SMILES string of the molecule is CC(C)(C)N(C(=O)O)[C@H](CC1CC1)C(N)=O. The minimum atomic E-state index is -1.09. The van der Waals surface area contributed by atoms with Gasteiger partial charge in [-0.05, 0) is 33.1 Å². The molecular weight excluding hydrogens is 208 g/mol. The average Bonchev–Trinajstić information content (AvgIpc) is 2.82. The Morgan fingerprint density at radius 2 is 1.94 bits per heavy atom. The molecule has 3 N–H and O–H groups in total. The highest BCUT2D eigenvalue weighted by Gasteiger charge is 2.39. The predicted molar refractivity (Wildman–Crippen MR) is 59.9 cm³/mol. The number of amides is 2. The van der Waals surface area contributed by atoms with Gasteiger partial charge in [-0.3, -0.25) is 9.69 Å². The molecular formula is C11H20N2O3. The number of primary amides is 1. The Hall–Kier alpha value is -1.26. The van der Waals surface area contributed by atoms with Crippen LogP contribution in [0.4, 0.5) is 4.79 Å². The molecule has 1 atom stereocenters. The van der Waals surface area contributed by atoms with Crippen LogP contribution in [0.15, 0.2) is 0 Å². The molecule has 1 aliphatic carbocycles. The van der Waals surface area contributed by atoms with Crippen molar-refractivity contribution in [3.05, 3.63) is 0 Å². The van der Waals surface area contributed by atoms with Crippen LogP contribution in [-0.4, -0.2) is 33.6 Å². The van der Waals surface area contributed by atoms with Gasteiger partial charge in [-0.15, -0.1) is 0 Å². The molecule has 16 heavy (non-hydrogen) atoms. The molecule has 2 amide bonds. The van der Waals surface area contributed by atoms with Gasteiger partial charge in [0.1, 0.15) is 6.04 Å². The summed E-state index contributed by atoms with van der Waals surface area (Å²) in [6, 6.07) is -0.704. The van der Waals surface area contributed by atoms with Crippen molar-refractivity contribution in [2.45, 2.75) is 51.6 Å². The molecule has 1 rings (SSSR count). The van der Waals surface area contributed by atoms with E-state index in [9.17, 15) is 14.7 Å². The lowest BCUT2D eigenvalue weighted by Crippen LogP contribution is -2.56. The molecule has 0 aromatic rings. The molecule has 0 aromatic heterocycles. The van der Waals surface area contributed by atoms with Crippen molar-refractivity contribution in [1.29, 1.82) is 0 Å². The van der Waals surface area contributed by atoms with Crippen LogP contribution >= 0.6 is 0 Å². The van der Waals surface area contributed by atoms with E-state index in [2.05, 4.69) is 0 Å². The summed E-state index contributed by atoms with van der Waals surface area (Å²) in [5.74, 6) is -0.0917. The second-order valence-electron chi connectivity index (χ2n) is 5.42. The maximum Gasteiger partial charge on any atom is 0.408 e. The molecule has 0 bridgehead atoms. The fourth-order valence-corrected chi connectivity index (χ4v) is 1.91. The summed E-state index contributed by atoms with van der Waals surface area (Å²) < 4.78 is 0. The van der Waals surface area contributed by atoms with E-state index in [-0.39, 0.29) is 0 Å². The normalized spacial score (nSPS) is 17.9. The molecule has 5 heteroatoms. The third-order valence-electron chi connectivity index (χ3n) is 2.82. The van der Waals surface area contributed by atoms with Gasteiger partial charge in [-0.25, -0.2) is 4.79 Å². The van der Waals surface area contributed by atoms with Gasteiger partial charge in [0.05, 0.1) is 0 Å². The molecule has 1 saturated carbocycles. The van der Waals surface area contributed by atoms with Crippen LogP contribution < -0.4 is 5.73 Å². The van der Waals surface area contributed by atoms with Crippen LogP contribution in [0.25, 0.3) is 0 Å². The molecule has 1 fully saturated rings. The molecule has 5 nitrogen and oxygen atoms in total. The number of rotatable bonds is 4. The van der Waals surface area contributed by atoms with Crippen molar-refractivity contribution in [1.82, 2.24) is 4.90 Å². The van der Waals surface area contributed by atoms with Gasteiger partial charge in [0.2, 0.25) is 5.91 Å². The highest BCUT2D eigenvalue weighted by Crippen LogP contribution is 2.35. The highest BCUT2D eigenvalue weighted by atomic mass is 16.4. The topological polar surface area (TPSA) is 83.6 Å². The number of carbonyl (C=O) groups excluding carboxylic acids is 1. The van der Waals surface area contributed by atoms with Crippen molar-refractivity contribution in [2.24, 2.45) is 11.7 Å². The first kappa shape index (κ1) is 12.8. The van der Waals surface area contributed by atoms with Crippen molar-refractivity contribution < 1.29 is 14.7 Å². The van der Waals surface area contributed by atoms with E-state index in [0.29, 0.717) is 12.3 Å². The lowest BCUT2D eigenvalue weighted by molar-refractivity contribution is -0.124. The van der Waals surface area contributed by atoms with E-state index < -0.39 is 23.6 Å². The number of hydrogen-bond donors (Lipinski definition) is 2. The maximum absolute atomic E-state index is 11.4. The second-order valence-corrected chi connectivity index (χ2v) is 5.42. The van der Waals surface area contributed by atoms with Gasteiger partial charge in [0, 0.05) is 5.54 Å². The zero-order valence-electron chi connectivity index (χ0n) is 10.1. The van der Waals surface area contributed by atoms with Crippen LogP contribution in [0, 0.1) is 5.92 Å². The highest BCUT2D eigenvalue weighted by molar-refractivity contribution is 5.84. The van der Waals surface area contributed by atoms with E-state index in [4.69, 9.17) is 5.73 Å². The maximum atomic E-state index is 11.4. The van der Waals surface area contributed by atoms with Gasteiger partial charge in [0.25, 0.3) is 0 Å². The zero-order chi connectivity index (χ0) is 12.5. The zero-order valence-corrected chi connectivity index (χ0v) is 10.1. The average molecular weight is 228 g/mol. The summed E-state index contributed by atoms with van der Waals surface area (Å²) in [5.41, 5.74) is 4.69. The minimum absolute atomic E-state index is 0.460. The van der Waals surface area contributed by atoms with E-state index >= 15 is 0 Å². The standard InChI is InChI=1S/C11H20N2O3/c1-11(2,3)13(10(15)16)8(9(12)14)6-7-4-5-7/h7-8H,4-6H2,1-3H3,(H2,12,14)(H,15,16)/t8-/m1/s1. The summed E-state index contributed by atoms with van der Waals surface area (Å²) in [6.07, 6.45) is 1.61. The Morgan fingerprint density at radius 1 is 1.44 bits per heavy atom. The van der Waals surface area contributed by atoms with Crippen molar-refractivity contribution in [2.75, 3.05) is 0 Å². The number of nitrogens with two attached hydrogens (primary N) is 1. The first-order chi connectivity index (χ1) is 7.23. The van der Waals surface area contributed by atoms with Gasteiger partial charge in [-0.2, -0.15) is 0 Å². The minimum Gasteiger partial charge on any atom is -0.465 e. The van der Waals surface area contributed by atoms with Crippen LogP contribution in [0.3, 0.4) is 0 Å².